The number of ether oxygens (including phenoxy) is 3. The molecule has 8 heteroatoms. The van der Waals surface area contributed by atoms with Gasteiger partial charge in [0, 0.05) is 6.42 Å². The third-order valence-corrected chi connectivity index (χ3v) is 2.99. The van der Waals surface area contributed by atoms with Gasteiger partial charge in [-0.1, -0.05) is 11.6 Å². The molecule has 1 heterocycles. The summed E-state index contributed by atoms with van der Waals surface area (Å²) < 4.78 is 63.9. The molecule has 0 spiro atoms. The van der Waals surface area contributed by atoms with Crippen LogP contribution < -0.4 is 9.47 Å². The minimum absolute atomic E-state index is 0.0782. The molecule has 1 aromatic carbocycles. The van der Waals surface area contributed by atoms with Crippen molar-refractivity contribution in [3.63, 3.8) is 0 Å². The van der Waals surface area contributed by atoms with E-state index in [1.165, 1.54) is 0 Å². The van der Waals surface area contributed by atoms with Crippen LogP contribution in [0.3, 0.4) is 0 Å². The molecule has 112 valence electrons. The monoisotopic (exact) mass is 314 g/mol. The quantitative estimate of drug-likeness (QED) is 0.779. The molecule has 3 nitrogen and oxygen atoms in total. The molecule has 1 aliphatic heterocycles. The van der Waals surface area contributed by atoms with E-state index in [1.807, 2.05) is 0 Å². The smallest absolute Gasteiger partial charge is 0.463 e. The lowest BCUT2D eigenvalue weighted by atomic mass is 10.2. The molecule has 0 saturated carbocycles. The van der Waals surface area contributed by atoms with Gasteiger partial charge < -0.3 is 14.2 Å². The molecule has 0 bridgehead atoms. The Balaban J connectivity index is 2.13. The van der Waals surface area contributed by atoms with Crippen molar-refractivity contribution in [2.24, 2.45) is 0 Å². The summed E-state index contributed by atoms with van der Waals surface area (Å²) in [5.41, 5.74) is 0. The standard InChI is InChI=1S/C12H11ClF4O3/c13-10-7(19-9-3-1-2-6-18-9)4-5-8(11(10)14)20-12(15,16)17/h4-5,9H,1-3,6H2. The summed E-state index contributed by atoms with van der Waals surface area (Å²) in [5, 5.41) is -0.569. The number of halogens is 5. The van der Waals surface area contributed by atoms with E-state index in [4.69, 9.17) is 21.1 Å². The van der Waals surface area contributed by atoms with Crippen molar-refractivity contribution in [2.75, 3.05) is 6.61 Å². The number of hydrogen-bond donors (Lipinski definition) is 0. The van der Waals surface area contributed by atoms with Crippen LogP contribution >= 0.6 is 11.6 Å². The van der Waals surface area contributed by atoms with Crippen LogP contribution in [0.2, 0.25) is 5.02 Å². The van der Waals surface area contributed by atoms with Crippen LogP contribution in [0.1, 0.15) is 19.3 Å². The zero-order valence-electron chi connectivity index (χ0n) is 10.2. The molecule has 0 aliphatic carbocycles. The minimum atomic E-state index is -4.99. The summed E-state index contributed by atoms with van der Waals surface area (Å²) in [4.78, 5) is 0. The van der Waals surface area contributed by atoms with E-state index in [9.17, 15) is 17.6 Å². The van der Waals surface area contributed by atoms with E-state index < -0.39 is 29.2 Å². The molecule has 1 aromatic rings. The van der Waals surface area contributed by atoms with E-state index in [1.54, 1.807) is 0 Å². The fraction of sp³-hybridized carbons (Fsp3) is 0.500. The SMILES string of the molecule is Fc1c(OC(F)(F)F)ccc(OC2CCCCO2)c1Cl. The molecule has 1 saturated heterocycles. The van der Waals surface area contributed by atoms with Crippen LogP contribution in [0.25, 0.3) is 0 Å². The first kappa shape index (κ1) is 15.2. The first-order valence-electron chi connectivity index (χ1n) is 5.89. The van der Waals surface area contributed by atoms with Crippen LogP contribution in [0.15, 0.2) is 12.1 Å². The van der Waals surface area contributed by atoms with Crippen LogP contribution in [0, 0.1) is 5.82 Å². The topological polar surface area (TPSA) is 27.7 Å². The Morgan fingerprint density at radius 1 is 1.20 bits per heavy atom. The van der Waals surface area contributed by atoms with E-state index in [2.05, 4.69) is 4.74 Å². The van der Waals surface area contributed by atoms with E-state index in [-0.39, 0.29) is 5.75 Å². The third-order valence-electron chi connectivity index (χ3n) is 2.63. The van der Waals surface area contributed by atoms with Gasteiger partial charge in [0.15, 0.2) is 17.9 Å². The average Bonchev–Trinajstić information content (AvgIpc) is 2.38. The highest BCUT2D eigenvalue weighted by molar-refractivity contribution is 6.32. The Morgan fingerprint density at radius 3 is 2.50 bits per heavy atom. The first-order chi connectivity index (χ1) is 9.37. The molecule has 0 N–H and O–H groups in total. The molecule has 1 aliphatic rings. The minimum Gasteiger partial charge on any atom is -0.463 e. The van der Waals surface area contributed by atoms with Gasteiger partial charge in [-0.05, 0) is 25.0 Å². The van der Waals surface area contributed by atoms with Crippen molar-refractivity contribution in [1.29, 1.82) is 0 Å². The normalized spacial score (nSPS) is 19.8. The third kappa shape index (κ3) is 3.89. The van der Waals surface area contributed by atoms with Gasteiger partial charge in [-0.15, -0.1) is 13.2 Å². The van der Waals surface area contributed by atoms with Crippen LogP contribution in [-0.4, -0.2) is 19.3 Å². The number of rotatable bonds is 3. The second-order valence-electron chi connectivity index (χ2n) is 4.15. The highest BCUT2D eigenvalue weighted by Crippen LogP contribution is 2.36. The van der Waals surface area contributed by atoms with Gasteiger partial charge in [-0.3, -0.25) is 0 Å². The Kier molecular flexibility index (Phi) is 4.59. The Labute approximate surface area is 117 Å². The molecular formula is C12H11ClF4O3. The molecule has 0 amide bonds. The zero-order valence-corrected chi connectivity index (χ0v) is 10.9. The average molecular weight is 315 g/mol. The van der Waals surface area contributed by atoms with E-state index in [0.29, 0.717) is 13.0 Å². The predicted octanol–water partition coefficient (Wildman–Crippen LogP) is 4.28. The summed E-state index contributed by atoms with van der Waals surface area (Å²) in [7, 11) is 0. The molecule has 1 fully saturated rings. The molecule has 20 heavy (non-hydrogen) atoms. The maximum absolute atomic E-state index is 13.7. The molecule has 0 radical (unpaired) electrons. The van der Waals surface area contributed by atoms with Crippen molar-refractivity contribution in [1.82, 2.24) is 0 Å². The Bertz CT molecular complexity index is 473. The molecule has 0 aromatic heterocycles. The summed E-state index contributed by atoms with van der Waals surface area (Å²) >= 11 is 5.64. The van der Waals surface area contributed by atoms with Gasteiger partial charge >= 0.3 is 6.36 Å². The summed E-state index contributed by atoms with van der Waals surface area (Å²) in [6.07, 6.45) is -3.16. The van der Waals surface area contributed by atoms with Gasteiger partial charge in [0.05, 0.1) is 6.61 Å². The van der Waals surface area contributed by atoms with Gasteiger partial charge in [0.2, 0.25) is 0 Å². The van der Waals surface area contributed by atoms with Crippen molar-refractivity contribution in [3.05, 3.63) is 23.0 Å². The van der Waals surface area contributed by atoms with Crippen molar-refractivity contribution in [2.45, 2.75) is 31.9 Å². The molecule has 1 unspecified atom stereocenters. The van der Waals surface area contributed by atoms with Gasteiger partial charge in [-0.2, -0.15) is 0 Å². The lowest BCUT2D eigenvalue weighted by Crippen LogP contribution is -2.25. The van der Waals surface area contributed by atoms with Gasteiger partial charge in [0.1, 0.15) is 10.8 Å². The van der Waals surface area contributed by atoms with Crippen LogP contribution in [-0.2, 0) is 4.74 Å². The molecule has 2 rings (SSSR count). The highest BCUT2D eigenvalue weighted by Gasteiger charge is 2.33. The van der Waals surface area contributed by atoms with Crippen molar-refractivity contribution in [3.8, 4) is 11.5 Å². The van der Waals surface area contributed by atoms with Crippen LogP contribution in [0.5, 0.6) is 11.5 Å². The maximum Gasteiger partial charge on any atom is 0.573 e. The number of hydrogen-bond acceptors (Lipinski definition) is 3. The second kappa shape index (κ2) is 6.05. The highest BCUT2D eigenvalue weighted by atomic mass is 35.5. The lowest BCUT2D eigenvalue weighted by molar-refractivity contribution is -0.275. The van der Waals surface area contributed by atoms with Crippen molar-refractivity contribution < 1.29 is 31.8 Å². The first-order valence-corrected chi connectivity index (χ1v) is 6.26. The lowest BCUT2D eigenvalue weighted by Gasteiger charge is -2.24. The number of alkyl halides is 3. The fourth-order valence-electron chi connectivity index (χ4n) is 1.75. The summed E-state index contributed by atoms with van der Waals surface area (Å²) in [6, 6.07) is 1.93. The molecular weight excluding hydrogens is 304 g/mol. The molecule has 1 atom stereocenters. The van der Waals surface area contributed by atoms with Gasteiger partial charge in [-0.25, -0.2) is 4.39 Å². The summed E-state index contributed by atoms with van der Waals surface area (Å²) in [6.45, 7) is 0.514. The van der Waals surface area contributed by atoms with Crippen molar-refractivity contribution >= 4 is 11.6 Å². The maximum atomic E-state index is 13.7. The zero-order chi connectivity index (χ0) is 14.8. The Morgan fingerprint density at radius 2 is 1.90 bits per heavy atom. The number of benzene rings is 1. The largest absolute Gasteiger partial charge is 0.573 e. The fourth-order valence-corrected chi connectivity index (χ4v) is 1.95. The van der Waals surface area contributed by atoms with E-state index >= 15 is 0 Å². The van der Waals surface area contributed by atoms with Crippen LogP contribution in [0.4, 0.5) is 17.6 Å². The Hall–Kier alpha value is -1.21. The second-order valence-corrected chi connectivity index (χ2v) is 4.53. The summed E-state index contributed by atoms with van der Waals surface area (Å²) in [5.74, 6) is -2.40. The van der Waals surface area contributed by atoms with E-state index in [0.717, 1.165) is 25.0 Å². The van der Waals surface area contributed by atoms with Gasteiger partial charge in [0.25, 0.3) is 0 Å². The predicted molar refractivity (Wildman–Crippen MR) is 62.3 cm³/mol.